The van der Waals surface area contributed by atoms with E-state index in [2.05, 4.69) is 29.4 Å². The summed E-state index contributed by atoms with van der Waals surface area (Å²) in [7, 11) is 0. The molecule has 5 N–H and O–H groups in total. The molecule has 34 heavy (non-hydrogen) atoms. The SMILES string of the molecule is Cc1ccc2nc(/C=C/c3ccc(Cl)cc3)nc(N[C@H]3CCCC[C@H]3N=C(N)N)c2c1.Cl.Cl.Cl. The number of aryl methyl sites for hydroxylation is 1. The molecule has 3 aromatic rings. The summed E-state index contributed by atoms with van der Waals surface area (Å²) in [6, 6.07) is 14.0. The first-order valence-electron chi connectivity index (χ1n) is 10.6. The number of nitrogens with zero attached hydrogens (tertiary/aromatic N) is 3. The Morgan fingerprint density at radius 1 is 1.00 bits per heavy atom. The molecule has 0 bridgehead atoms. The zero-order chi connectivity index (χ0) is 21.8. The van der Waals surface area contributed by atoms with Crippen LogP contribution in [0.15, 0.2) is 47.5 Å². The van der Waals surface area contributed by atoms with Crippen LogP contribution in [0.25, 0.3) is 23.1 Å². The third kappa shape index (κ3) is 7.64. The minimum Gasteiger partial charge on any atom is -0.370 e. The van der Waals surface area contributed by atoms with E-state index in [0.29, 0.717) is 10.8 Å². The average Bonchev–Trinajstić information content (AvgIpc) is 2.75. The van der Waals surface area contributed by atoms with Crippen LogP contribution >= 0.6 is 48.8 Å². The number of hydrogen-bond acceptors (Lipinski definition) is 4. The zero-order valence-corrected chi connectivity index (χ0v) is 22.0. The molecule has 1 aliphatic rings. The van der Waals surface area contributed by atoms with Gasteiger partial charge in [0.05, 0.1) is 17.6 Å². The number of halogens is 4. The van der Waals surface area contributed by atoms with E-state index in [-0.39, 0.29) is 55.3 Å². The number of aromatic nitrogens is 2. The van der Waals surface area contributed by atoms with E-state index in [4.69, 9.17) is 33.0 Å². The van der Waals surface area contributed by atoms with Gasteiger partial charge in [-0.25, -0.2) is 15.0 Å². The second-order valence-corrected chi connectivity index (χ2v) is 8.43. The van der Waals surface area contributed by atoms with E-state index in [1.807, 2.05) is 42.5 Å². The highest BCUT2D eigenvalue weighted by Gasteiger charge is 2.26. The van der Waals surface area contributed by atoms with Crippen LogP contribution in [0.4, 0.5) is 5.82 Å². The molecule has 0 unspecified atom stereocenters. The third-order valence-corrected chi connectivity index (χ3v) is 5.78. The van der Waals surface area contributed by atoms with Gasteiger partial charge in [0.25, 0.3) is 0 Å². The summed E-state index contributed by atoms with van der Waals surface area (Å²) in [5.41, 5.74) is 14.4. The van der Waals surface area contributed by atoms with E-state index in [1.54, 1.807) is 0 Å². The molecule has 0 spiro atoms. The fourth-order valence-corrected chi connectivity index (χ4v) is 4.12. The molecule has 184 valence electrons. The van der Waals surface area contributed by atoms with E-state index in [9.17, 15) is 0 Å². The summed E-state index contributed by atoms with van der Waals surface area (Å²) in [5, 5.41) is 5.34. The number of nitrogens with one attached hydrogen (secondary N) is 1. The largest absolute Gasteiger partial charge is 0.370 e. The Balaban J connectivity index is 0.00000193. The fraction of sp³-hybridized carbons (Fsp3) is 0.292. The van der Waals surface area contributed by atoms with Crippen LogP contribution in [0, 0.1) is 6.92 Å². The monoisotopic (exact) mass is 542 g/mol. The number of hydrogen-bond donors (Lipinski definition) is 3. The van der Waals surface area contributed by atoms with Crippen LogP contribution in [-0.4, -0.2) is 28.0 Å². The lowest BCUT2D eigenvalue weighted by Gasteiger charge is -2.30. The second-order valence-electron chi connectivity index (χ2n) is 7.99. The van der Waals surface area contributed by atoms with Gasteiger partial charge in [0, 0.05) is 10.4 Å². The highest BCUT2D eigenvalue weighted by molar-refractivity contribution is 6.30. The predicted octanol–water partition coefficient (Wildman–Crippen LogP) is 6.02. The topological polar surface area (TPSA) is 102 Å². The number of aliphatic imine (C=N–C) groups is 1. The summed E-state index contributed by atoms with van der Waals surface area (Å²) in [5.74, 6) is 1.59. The fourth-order valence-electron chi connectivity index (χ4n) is 3.99. The minimum absolute atomic E-state index is 0. The molecular weight excluding hydrogens is 514 g/mol. The van der Waals surface area contributed by atoms with Gasteiger partial charge in [-0.2, -0.15) is 0 Å². The first-order chi connectivity index (χ1) is 15.0. The van der Waals surface area contributed by atoms with Gasteiger partial charge < -0.3 is 16.8 Å². The van der Waals surface area contributed by atoms with Gasteiger partial charge in [-0.1, -0.05) is 54.3 Å². The zero-order valence-electron chi connectivity index (χ0n) is 18.8. The summed E-state index contributed by atoms with van der Waals surface area (Å²) in [4.78, 5) is 14.0. The van der Waals surface area contributed by atoms with Crippen molar-refractivity contribution in [3.8, 4) is 0 Å². The Kier molecular flexibility index (Phi) is 11.9. The molecule has 2 aromatic carbocycles. The van der Waals surface area contributed by atoms with Crippen molar-refractivity contribution >= 4 is 83.7 Å². The maximum Gasteiger partial charge on any atom is 0.186 e. The highest BCUT2D eigenvalue weighted by Crippen LogP contribution is 2.28. The number of nitrogens with two attached hydrogens (primary N) is 2. The van der Waals surface area contributed by atoms with E-state index in [0.717, 1.165) is 53.5 Å². The minimum atomic E-state index is 0. The highest BCUT2D eigenvalue weighted by atomic mass is 35.5. The number of guanidine groups is 1. The smallest absolute Gasteiger partial charge is 0.186 e. The summed E-state index contributed by atoms with van der Waals surface area (Å²) < 4.78 is 0. The van der Waals surface area contributed by atoms with Crippen molar-refractivity contribution in [3.05, 3.63) is 64.4 Å². The van der Waals surface area contributed by atoms with Crippen molar-refractivity contribution < 1.29 is 0 Å². The Labute approximate surface area is 223 Å². The van der Waals surface area contributed by atoms with Gasteiger partial charge in [0.1, 0.15) is 5.82 Å². The molecule has 10 heteroatoms. The van der Waals surface area contributed by atoms with E-state index in [1.165, 1.54) is 0 Å². The summed E-state index contributed by atoms with van der Waals surface area (Å²) >= 11 is 5.98. The molecule has 1 heterocycles. The van der Waals surface area contributed by atoms with Crippen LogP contribution in [0.1, 0.15) is 42.6 Å². The van der Waals surface area contributed by atoms with Crippen LogP contribution < -0.4 is 16.8 Å². The Bertz CT molecular complexity index is 1130. The molecular formula is C24H30Cl4N6. The van der Waals surface area contributed by atoms with Crippen LogP contribution in [0.5, 0.6) is 0 Å². The lowest BCUT2D eigenvalue weighted by molar-refractivity contribution is 0.405. The number of rotatable bonds is 5. The molecule has 1 saturated carbocycles. The molecule has 1 aromatic heterocycles. The average molecular weight is 544 g/mol. The quantitative estimate of drug-likeness (QED) is 0.269. The number of anilines is 1. The van der Waals surface area contributed by atoms with Gasteiger partial charge in [0.15, 0.2) is 11.8 Å². The van der Waals surface area contributed by atoms with E-state index >= 15 is 0 Å². The molecule has 6 nitrogen and oxygen atoms in total. The number of benzene rings is 2. The van der Waals surface area contributed by atoms with Crippen molar-refractivity contribution in [2.24, 2.45) is 16.5 Å². The molecule has 0 saturated heterocycles. The molecule has 0 amide bonds. The predicted molar refractivity (Wildman–Crippen MR) is 152 cm³/mol. The molecule has 4 rings (SSSR count). The summed E-state index contributed by atoms with van der Waals surface area (Å²) in [6.07, 6.45) is 8.12. The van der Waals surface area contributed by atoms with Crippen LogP contribution in [0.3, 0.4) is 0 Å². The van der Waals surface area contributed by atoms with Gasteiger partial charge in [-0.15, -0.1) is 37.2 Å². The first kappa shape index (κ1) is 29.8. The van der Waals surface area contributed by atoms with Crippen molar-refractivity contribution in [2.75, 3.05) is 5.32 Å². The Hall–Kier alpha value is -2.25. The first-order valence-corrected chi connectivity index (χ1v) is 10.9. The van der Waals surface area contributed by atoms with Gasteiger partial charge in [0.2, 0.25) is 0 Å². The Morgan fingerprint density at radius 2 is 1.71 bits per heavy atom. The van der Waals surface area contributed by atoms with Crippen molar-refractivity contribution in [2.45, 2.75) is 44.7 Å². The van der Waals surface area contributed by atoms with Crippen molar-refractivity contribution in [3.63, 3.8) is 0 Å². The van der Waals surface area contributed by atoms with Crippen LogP contribution in [-0.2, 0) is 0 Å². The normalized spacial score (nSPS) is 17.2. The lowest BCUT2D eigenvalue weighted by atomic mass is 9.90. The molecule has 1 aliphatic carbocycles. The van der Waals surface area contributed by atoms with Gasteiger partial charge in [-0.05, 0) is 55.7 Å². The second kappa shape index (κ2) is 13.6. The van der Waals surface area contributed by atoms with Gasteiger partial charge >= 0.3 is 0 Å². The van der Waals surface area contributed by atoms with Crippen LogP contribution in [0.2, 0.25) is 5.02 Å². The maximum absolute atomic E-state index is 5.98. The van der Waals surface area contributed by atoms with Crippen molar-refractivity contribution in [1.29, 1.82) is 0 Å². The standard InChI is InChI=1S/C24H27ClN6.3ClH/c1-15-6-12-19-18(14-15)23(29-20-4-2-3-5-21(20)30-24(26)27)31-22(28-19)13-9-16-7-10-17(25)11-8-16;;;/h6-14,20-21H,2-5H2,1H3,(H4,26,27,30)(H,28,29,31);3*1H/b13-9+;;;/t20-,21+;;;/m0.../s1. The molecule has 2 atom stereocenters. The molecule has 0 radical (unpaired) electrons. The van der Waals surface area contributed by atoms with Gasteiger partial charge in [-0.3, -0.25) is 0 Å². The van der Waals surface area contributed by atoms with Crippen molar-refractivity contribution in [1.82, 2.24) is 9.97 Å². The summed E-state index contributed by atoms with van der Waals surface area (Å²) in [6.45, 7) is 2.07. The maximum atomic E-state index is 5.98. The van der Waals surface area contributed by atoms with E-state index < -0.39 is 0 Å². The Morgan fingerprint density at radius 3 is 2.41 bits per heavy atom. The number of fused-ring (bicyclic) bond motifs is 1. The lowest BCUT2D eigenvalue weighted by Crippen LogP contribution is -2.38. The molecule has 0 aliphatic heterocycles. The third-order valence-electron chi connectivity index (χ3n) is 5.53. The molecule has 1 fully saturated rings.